The number of fused-ring (bicyclic) bond motifs is 1. The second-order valence-electron chi connectivity index (χ2n) is 6.56. The van der Waals surface area contributed by atoms with Crippen molar-refractivity contribution in [2.24, 2.45) is 0 Å². The summed E-state index contributed by atoms with van der Waals surface area (Å²) in [6.45, 7) is 0. The molecule has 1 aliphatic rings. The fraction of sp³-hybridized carbons (Fsp3) is 0.0870. The van der Waals surface area contributed by atoms with Crippen LogP contribution in [0.3, 0.4) is 0 Å². The summed E-state index contributed by atoms with van der Waals surface area (Å²) >= 11 is 1.38. The molecule has 0 bridgehead atoms. The van der Waals surface area contributed by atoms with Gasteiger partial charge < -0.3 is 10.1 Å². The summed E-state index contributed by atoms with van der Waals surface area (Å²) in [5.41, 5.74) is 2.07. The summed E-state index contributed by atoms with van der Waals surface area (Å²) in [7, 11) is 1.57. The van der Waals surface area contributed by atoms with Crippen LogP contribution in [0.4, 0.5) is 5.69 Å². The number of ether oxygens (including phenoxy) is 1. The molecule has 7 heteroatoms. The molecule has 1 N–H and O–H groups in total. The summed E-state index contributed by atoms with van der Waals surface area (Å²) in [4.78, 5) is 39.3. The van der Waals surface area contributed by atoms with Crippen molar-refractivity contribution in [3.05, 3.63) is 89.5 Å². The van der Waals surface area contributed by atoms with E-state index in [1.54, 1.807) is 67.8 Å². The van der Waals surface area contributed by atoms with Crippen LogP contribution in [0.15, 0.2) is 77.7 Å². The number of methoxy groups -OCH3 is 1. The zero-order valence-electron chi connectivity index (χ0n) is 16.1. The monoisotopic (exact) mass is 418 g/mol. The molecule has 0 radical (unpaired) electrons. The van der Waals surface area contributed by atoms with Gasteiger partial charge in [0.25, 0.3) is 17.7 Å². The first kappa shape index (κ1) is 19.7. The maximum absolute atomic E-state index is 12.4. The molecular weight excluding hydrogens is 400 g/mol. The minimum absolute atomic E-state index is 0.218. The van der Waals surface area contributed by atoms with Gasteiger partial charge in [-0.2, -0.15) is 0 Å². The Hall–Kier alpha value is -3.58. The molecule has 1 aliphatic heterocycles. The van der Waals surface area contributed by atoms with Crippen molar-refractivity contribution in [2.45, 2.75) is 4.90 Å². The number of hydrogen-bond acceptors (Lipinski definition) is 5. The lowest BCUT2D eigenvalue weighted by atomic mass is 10.1. The predicted octanol–water partition coefficient (Wildman–Crippen LogP) is 4.29. The summed E-state index contributed by atoms with van der Waals surface area (Å²) in [5.74, 6) is 0.150. The van der Waals surface area contributed by atoms with Crippen molar-refractivity contribution >= 4 is 35.2 Å². The van der Waals surface area contributed by atoms with Crippen LogP contribution in [0.5, 0.6) is 5.75 Å². The van der Waals surface area contributed by atoms with Crippen molar-refractivity contribution in [3.63, 3.8) is 0 Å². The van der Waals surface area contributed by atoms with Crippen LogP contribution >= 0.6 is 11.8 Å². The number of carbonyl (C=O) groups is 3. The first-order valence-corrected chi connectivity index (χ1v) is 10.2. The standard InChI is InChI=1S/C23H18N2O4S/c1-29-17-10-6-15(7-11-17)21(26)24-16-8-12-18(13-9-16)30-14-25-22(27)19-4-2-3-5-20(19)23(25)28/h2-13H,14H2,1H3,(H,24,26). The van der Waals surface area contributed by atoms with Gasteiger partial charge >= 0.3 is 0 Å². The Labute approximate surface area is 177 Å². The van der Waals surface area contributed by atoms with Crippen LogP contribution < -0.4 is 10.1 Å². The van der Waals surface area contributed by atoms with Gasteiger partial charge in [0.05, 0.1) is 24.1 Å². The zero-order valence-corrected chi connectivity index (χ0v) is 16.9. The van der Waals surface area contributed by atoms with Crippen LogP contribution in [-0.4, -0.2) is 35.6 Å². The van der Waals surface area contributed by atoms with Gasteiger partial charge in [-0.25, -0.2) is 0 Å². The SMILES string of the molecule is COc1ccc(C(=O)Nc2ccc(SCN3C(=O)c4ccccc4C3=O)cc2)cc1. The lowest BCUT2D eigenvalue weighted by Gasteiger charge is -2.13. The minimum atomic E-state index is -0.272. The number of rotatable bonds is 6. The maximum atomic E-state index is 12.4. The van der Waals surface area contributed by atoms with E-state index in [0.29, 0.717) is 28.1 Å². The Bertz CT molecular complexity index is 1080. The van der Waals surface area contributed by atoms with Gasteiger partial charge in [-0.15, -0.1) is 11.8 Å². The first-order chi connectivity index (χ1) is 14.6. The lowest BCUT2D eigenvalue weighted by Crippen LogP contribution is -2.29. The van der Waals surface area contributed by atoms with E-state index in [2.05, 4.69) is 5.32 Å². The molecule has 150 valence electrons. The Morgan fingerprint density at radius 3 is 2.07 bits per heavy atom. The minimum Gasteiger partial charge on any atom is -0.497 e. The van der Waals surface area contributed by atoms with Crippen LogP contribution in [0.2, 0.25) is 0 Å². The highest BCUT2D eigenvalue weighted by Gasteiger charge is 2.34. The number of carbonyl (C=O) groups excluding carboxylic acids is 3. The molecule has 3 aromatic rings. The van der Waals surface area contributed by atoms with Gasteiger partial charge in [0.15, 0.2) is 0 Å². The van der Waals surface area contributed by atoms with Gasteiger partial charge in [-0.3, -0.25) is 19.3 Å². The van der Waals surface area contributed by atoms with Gasteiger partial charge in [-0.05, 0) is 60.7 Å². The van der Waals surface area contributed by atoms with Crippen LogP contribution in [0.25, 0.3) is 0 Å². The highest BCUT2D eigenvalue weighted by Crippen LogP contribution is 2.27. The highest BCUT2D eigenvalue weighted by molar-refractivity contribution is 7.99. The number of anilines is 1. The third kappa shape index (κ3) is 3.92. The van der Waals surface area contributed by atoms with Crippen molar-refractivity contribution in [3.8, 4) is 5.75 Å². The van der Waals surface area contributed by atoms with Crippen molar-refractivity contribution < 1.29 is 19.1 Å². The molecule has 0 atom stereocenters. The van der Waals surface area contributed by atoms with E-state index in [4.69, 9.17) is 4.74 Å². The van der Waals surface area contributed by atoms with E-state index in [0.717, 1.165) is 4.90 Å². The van der Waals surface area contributed by atoms with E-state index in [1.165, 1.54) is 16.7 Å². The number of hydrogen-bond donors (Lipinski definition) is 1. The van der Waals surface area contributed by atoms with E-state index >= 15 is 0 Å². The summed E-state index contributed by atoms with van der Waals surface area (Å²) in [6, 6.07) is 20.9. The number of amides is 3. The third-order valence-corrected chi connectivity index (χ3v) is 5.70. The molecule has 0 saturated carbocycles. The smallest absolute Gasteiger partial charge is 0.262 e. The second kappa shape index (κ2) is 8.42. The molecule has 1 heterocycles. The molecule has 0 unspecified atom stereocenters. The summed E-state index contributed by atoms with van der Waals surface area (Å²) < 4.78 is 5.09. The van der Waals surface area contributed by atoms with Crippen molar-refractivity contribution in [2.75, 3.05) is 18.3 Å². The molecule has 3 aromatic carbocycles. The third-order valence-electron chi connectivity index (χ3n) is 4.70. The maximum Gasteiger partial charge on any atom is 0.262 e. The molecule has 3 amide bonds. The molecule has 0 spiro atoms. The second-order valence-corrected chi connectivity index (χ2v) is 7.58. The molecular formula is C23H18N2O4S. The van der Waals surface area contributed by atoms with Crippen molar-refractivity contribution in [1.82, 2.24) is 4.90 Å². The number of thioether (sulfide) groups is 1. The van der Waals surface area contributed by atoms with Gasteiger partial charge in [0, 0.05) is 16.1 Å². The van der Waals surface area contributed by atoms with Gasteiger partial charge in [0.1, 0.15) is 5.75 Å². The quantitative estimate of drug-likeness (QED) is 0.477. The van der Waals surface area contributed by atoms with Gasteiger partial charge in [0.2, 0.25) is 0 Å². The van der Waals surface area contributed by atoms with Crippen molar-refractivity contribution in [1.29, 1.82) is 0 Å². The Morgan fingerprint density at radius 2 is 1.50 bits per heavy atom. The molecule has 0 aromatic heterocycles. The normalized spacial score (nSPS) is 12.6. The first-order valence-electron chi connectivity index (χ1n) is 9.20. The van der Waals surface area contributed by atoms with E-state index in [1.807, 2.05) is 12.1 Å². The number of benzene rings is 3. The fourth-order valence-corrected chi connectivity index (χ4v) is 3.92. The number of nitrogens with zero attached hydrogens (tertiary/aromatic N) is 1. The molecule has 6 nitrogen and oxygen atoms in total. The van der Waals surface area contributed by atoms with E-state index < -0.39 is 0 Å². The molecule has 4 rings (SSSR count). The van der Waals surface area contributed by atoms with Crippen LogP contribution in [0, 0.1) is 0 Å². The largest absolute Gasteiger partial charge is 0.497 e. The van der Waals surface area contributed by atoms with E-state index in [-0.39, 0.29) is 23.6 Å². The molecule has 0 fully saturated rings. The molecule has 0 saturated heterocycles. The molecule has 0 aliphatic carbocycles. The topological polar surface area (TPSA) is 75.7 Å². The summed E-state index contributed by atoms with van der Waals surface area (Å²) in [6.07, 6.45) is 0. The molecule has 30 heavy (non-hydrogen) atoms. The average molecular weight is 418 g/mol. The highest BCUT2D eigenvalue weighted by atomic mass is 32.2. The van der Waals surface area contributed by atoms with Crippen LogP contribution in [0.1, 0.15) is 31.1 Å². The predicted molar refractivity (Wildman–Crippen MR) is 115 cm³/mol. The lowest BCUT2D eigenvalue weighted by molar-refractivity contribution is 0.0683. The zero-order chi connectivity index (χ0) is 21.1. The fourth-order valence-electron chi connectivity index (χ4n) is 3.08. The van der Waals surface area contributed by atoms with Gasteiger partial charge in [-0.1, -0.05) is 12.1 Å². The Balaban J connectivity index is 1.35. The average Bonchev–Trinajstić information content (AvgIpc) is 3.03. The number of nitrogens with one attached hydrogen (secondary N) is 1. The Kier molecular flexibility index (Phi) is 5.54. The van der Waals surface area contributed by atoms with Crippen LogP contribution in [-0.2, 0) is 0 Å². The Morgan fingerprint density at radius 1 is 0.900 bits per heavy atom. The van der Waals surface area contributed by atoms with E-state index in [9.17, 15) is 14.4 Å². The number of imide groups is 1. The summed E-state index contributed by atoms with van der Waals surface area (Å²) in [5, 5.41) is 2.84.